The third kappa shape index (κ3) is 4.31. The molecule has 0 fully saturated rings. The Bertz CT molecular complexity index is 967. The molecule has 1 aromatic heterocycles. The summed E-state index contributed by atoms with van der Waals surface area (Å²) in [7, 11) is -3.58. The lowest BCUT2D eigenvalue weighted by Gasteiger charge is -2.26. The van der Waals surface area contributed by atoms with Crippen molar-refractivity contribution < 1.29 is 13.2 Å². The van der Waals surface area contributed by atoms with Crippen molar-refractivity contribution in [2.75, 3.05) is 11.9 Å². The van der Waals surface area contributed by atoms with E-state index < -0.39 is 10.0 Å². The number of fused-ring (bicyclic) bond motifs is 1. The minimum absolute atomic E-state index is 0.0257. The summed E-state index contributed by atoms with van der Waals surface area (Å²) in [6.45, 7) is 8.10. The number of aryl methyl sites for hydroxylation is 2. The van der Waals surface area contributed by atoms with Gasteiger partial charge in [0, 0.05) is 23.9 Å². The van der Waals surface area contributed by atoms with E-state index in [0.717, 1.165) is 21.7 Å². The number of hydrogen-bond acceptors (Lipinski definition) is 5. The van der Waals surface area contributed by atoms with Crippen LogP contribution in [0, 0.1) is 13.8 Å². The average molecular weight is 409 g/mol. The zero-order chi connectivity index (χ0) is 19.8. The Kier molecular flexibility index (Phi) is 5.55. The van der Waals surface area contributed by atoms with Crippen LogP contribution in [0.5, 0.6) is 0 Å². The molecule has 2 N–H and O–H groups in total. The van der Waals surface area contributed by atoms with Crippen molar-refractivity contribution in [2.45, 2.75) is 51.6 Å². The van der Waals surface area contributed by atoms with Gasteiger partial charge in [-0.25, -0.2) is 18.2 Å². The summed E-state index contributed by atoms with van der Waals surface area (Å²) in [5.41, 5.74) is 2.51. The second-order valence-corrected chi connectivity index (χ2v) is 9.99. The van der Waals surface area contributed by atoms with Crippen LogP contribution in [0.4, 0.5) is 9.93 Å². The first-order chi connectivity index (χ1) is 12.7. The number of urea groups is 1. The number of amides is 2. The zero-order valence-corrected chi connectivity index (χ0v) is 17.5. The standard InChI is InChI=1S/C18H24N4O3S2/c1-11(2)19-17(23)21-18-20-14-7-8-22(10-15(14)26-18)27(24,25)16-9-12(3)5-6-13(16)4/h5-6,9,11H,7-8,10H2,1-4H3,(H2,19,20,21,23). The highest BCUT2D eigenvalue weighted by Gasteiger charge is 2.31. The predicted octanol–water partition coefficient (Wildman–Crippen LogP) is 3.04. The van der Waals surface area contributed by atoms with Crippen molar-refractivity contribution in [1.29, 1.82) is 0 Å². The normalized spacial score (nSPS) is 14.9. The average Bonchev–Trinajstić information content (AvgIpc) is 2.97. The molecule has 7 nitrogen and oxygen atoms in total. The Labute approximate surface area is 163 Å². The predicted molar refractivity (Wildman–Crippen MR) is 107 cm³/mol. The Morgan fingerprint density at radius 2 is 2.04 bits per heavy atom. The van der Waals surface area contributed by atoms with E-state index in [1.54, 1.807) is 6.07 Å². The fraction of sp³-hybridized carbons (Fsp3) is 0.444. The molecule has 1 aliphatic rings. The van der Waals surface area contributed by atoms with Gasteiger partial charge >= 0.3 is 6.03 Å². The van der Waals surface area contributed by atoms with Gasteiger partial charge in [-0.2, -0.15) is 4.31 Å². The van der Waals surface area contributed by atoms with E-state index in [1.807, 2.05) is 39.8 Å². The lowest BCUT2D eigenvalue weighted by molar-refractivity contribution is 0.250. The minimum atomic E-state index is -3.58. The molecule has 0 saturated heterocycles. The van der Waals surface area contributed by atoms with Gasteiger partial charge in [-0.05, 0) is 44.9 Å². The van der Waals surface area contributed by atoms with Gasteiger partial charge in [0.2, 0.25) is 10.0 Å². The topological polar surface area (TPSA) is 91.4 Å². The van der Waals surface area contributed by atoms with E-state index in [-0.39, 0.29) is 18.6 Å². The largest absolute Gasteiger partial charge is 0.336 e. The molecule has 146 valence electrons. The first kappa shape index (κ1) is 19.8. The highest BCUT2D eigenvalue weighted by atomic mass is 32.2. The maximum atomic E-state index is 13.1. The number of sulfonamides is 1. The fourth-order valence-electron chi connectivity index (χ4n) is 2.95. The lowest BCUT2D eigenvalue weighted by atomic mass is 10.2. The molecule has 1 aromatic carbocycles. The van der Waals surface area contributed by atoms with Crippen molar-refractivity contribution >= 4 is 32.5 Å². The zero-order valence-electron chi connectivity index (χ0n) is 15.9. The highest BCUT2D eigenvalue weighted by molar-refractivity contribution is 7.89. The second-order valence-electron chi connectivity index (χ2n) is 7.00. The van der Waals surface area contributed by atoms with Crippen LogP contribution in [0.2, 0.25) is 0 Å². The van der Waals surface area contributed by atoms with Crippen LogP contribution in [0.25, 0.3) is 0 Å². The summed E-state index contributed by atoms with van der Waals surface area (Å²) in [6.07, 6.45) is 0.531. The summed E-state index contributed by atoms with van der Waals surface area (Å²) >= 11 is 1.32. The molecule has 1 aliphatic heterocycles. The molecule has 27 heavy (non-hydrogen) atoms. The first-order valence-corrected chi connectivity index (χ1v) is 11.1. The molecule has 2 aromatic rings. The number of rotatable bonds is 4. The summed E-state index contributed by atoms with van der Waals surface area (Å²) in [5.74, 6) is 0. The van der Waals surface area contributed by atoms with Gasteiger partial charge in [-0.15, -0.1) is 0 Å². The third-order valence-electron chi connectivity index (χ3n) is 4.30. The molecule has 2 amide bonds. The molecule has 0 spiro atoms. The van der Waals surface area contributed by atoms with Crippen LogP contribution in [0.1, 0.15) is 35.5 Å². The number of benzene rings is 1. The third-order valence-corrected chi connectivity index (χ3v) is 7.28. The molecule has 0 bridgehead atoms. The Morgan fingerprint density at radius 1 is 1.30 bits per heavy atom. The van der Waals surface area contributed by atoms with E-state index in [2.05, 4.69) is 15.6 Å². The van der Waals surface area contributed by atoms with Crippen LogP contribution < -0.4 is 10.6 Å². The fourth-order valence-corrected chi connectivity index (χ4v) is 5.77. The summed E-state index contributed by atoms with van der Waals surface area (Å²) in [4.78, 5) is 17.5. The summed E-state index contributed by atoms with van der Waals surface area (Å²) in [5, 5.41) is 5.96. The Hall–Kier alpha value is -1.97. The van der Waals surface area contributed by atoms with Crippen molar-refractivity contribution in [1.82, 2.24) is 14.6 Å². The van der Waals surface area contributed by atoms with Crippen LogP contribution >= 0.6 is 11.3 Å². The smallest absolute Gasteiger partial charge is 0.321 e. The molecular weight excluding hydrogens is 384 g/mol. The van der Waals surface area contributed by atoms with Crippen LogP contribution in [0.3, 0.4) is 0 Å². The number of carbonyl (C=O) groups is 1. The maximum Gasteiger partial charge on any atom is 0.321 e. The molecule has 9 heteroatoms. The number of carbonyl (C=O) groups excluding carboxylic acids is 1. The first-order valence-electron chi connectivity index (χ1n) is 8.80. The number of nitrogens with zero attached hydrogens (tertiary/aromatic N) is 2. The van der Waals surface area contributed by atoms with Crippen LogP contribution in [-0.4, -0.2) is 36.3 Å². The van der Waals surface area contributed by atoms with Crippen molar-refractivity contribution in [2.24, 2.45) is 0 Å². The van der Waals surface area contributed by atoms with E-state index in [0.29, 0.717) is 23.0 Å². The molecule has 0 unspecified atom stereocenters. The van der Waals surface area contributed by atoms with E-state index in [4.69, 9.17) is 0 Å². The number of nitrogens with one attached hydrogen (secondary N) is 2. The number of anilines is 1. The second kappa shape index (κ2) is 7.57. The van der Waals surface area contributed by atoms with Gasteiger partial charge in [0.05, 0.1) is 17.1 Å². The molecule has 3 rings (SSSR count). The summed E-state index contributed by atoms with van der Waals surface area (Å²) in [6, 6.07) is 5.18. The van der Waals surface area contributed by atoms with Gasteiger partial charge in [-0.3, -0.25) is 5.32 Å². The van der Waals surface area contributed by atoms with Gasteiger partial charge in [-0.1, -0.05) is 23.5 Å². The SMILES string of the molecule is Cc1ccc(C)c(S(=O)(=O)N2CCc3nc(NC(=O)NC(C)C)sc3C2)c1. The number of hydrogen-bond donors (Lipinski definition) is 2. The van der Waals surface area contributed by atoms with Gasteiger partial charge in [0.15, 0.2) is 5.13 Å². The van der Waals surface area contributed by atoms with Gasteiger partial charge < -0.3 is 5.32 Å². The molecule has 2 heterocycles. The number of aromatic nitrogens is 1. The Morgan fingerprint density at radius 3 is 2.74 bits per heavy atom. The van der Waals surface area contributed by atoms with Gasteiger partial charge in [0.1, 0.15) is 0 Å². The maximum absolute atomic E-state index is 13.1. The quantitative estimate of drug-likeness (QED) is 0.813. The van der Waals surface area contributed by atoms with Crippen LogP contribution in [-0.2, 0) is 23.0 Å². The monoisotopic (exact) mass is 408 g/mol. The van der Waals surface area contributed by atoms with Crippen molar-refractivity contribution in [3.63, 3.8) is 0 Å². The van der Waals surface area contributed by atoms with Gasteiger partial charge in [0.25, 0.3) is 0 Å². The molecule has 0 atom stereocenters. The van der Waals surface area contributed by atoms with Crippen molar-refractivity contribution in [3.05, 3.63) is 39.9 Å². The van der Waals surface area contributed by atoms with Crippen LogP contribution in [0.15, 0.2) is 23.1 Å². The minimum Gasteiger partial charge on any atom is -0.336 e. The Balaban J connectivity index is 1.80. The lowest BCUT2D eigenvalue weighted by Crippen LogP contribution is -2.35. The van der Waals surface area contributed by atoms with Crippen molar-refractivity contribution in [3.8, 4) is 0 Å². The summed E-state index contributed by atoms with van der Waals surface area (Å²) < 4.78 is 27.7. The number of thiazole rings is 1. The van der Waals surface area contributed by atoms with E-state index >= 15 is 0 Å². The van der Waals surface area contributed by atoms with E-state index in [1.165, 1.54) is 15.6 Å². The highest BCUT2D eigenvalue weighted by Crippen LogP contribution is 2.32. The molecule has 0 aliphatic carbocycles. The van der Waals surface area contributed by atoms with E-state index in [9.17, 15) is 13.2 Å². The molecule has 0 saturated carbocycles. The molecule has 0 radical (unpaired) electrons. The molecular formula is C18H24N4O3S2.